The average molecular weight is 328 g/mol. The summed E-state index contributed by atoms with van der Waals surface area (Å²) in [5.41, 5.74) is 6.70. The maximum absolute atomic E-state index is 11.6. The van der Waals surface area contributed by atoms with E-state index in [1.54, 1.807) is 24.3 Å². The molecule has 2 aromatic carbocycles. The Hall–Kier alpha value is -1.96. The Morgan fingerprint density at radius 3 is 2.48 bits per heavy atom. The van der Waals surface area contributed by atoms with Crippen molar-refractivity contribution in [3.8, 4) is 5.75 Å². The average Bonchev–Trinajstić information content (AvgIpc) is 2.40. The predicted molar refractivity (Wildman–Crippen MR) is 83.5 cm³/mol. The molecule has 112 valence electrons. The molecule has 0 amide bonds. The monoisotopic (exact) mass is 327 g/mol. The Balaban J connectivity index is 2.52. The number of methoxy groups -OCH3 is 1. The van der Waals surface area contributed by atoms with E-state index in [4.69, 9.17) is 27.2 Å². The predicted octanol–water partition coefficient (Wildman–Crippen LogP) is 2.32. The SMILES string of the molecule is COc1ccc(Cl)cc1Nc1ccc(N)cc1S(N)(=O)=O. The first-order chi connectivity index (χ1) is 9.81. The van der Waals surface area contributed by atoms with E-state index in [1.807, 2.05) is 0 Å². The van der Waals surface area contributed by atoms with Crippen molar-refractivity contribution >= 4 is 38.7 Å². The van der Waals surface area contributed by atoms with Crippen molar-refractivity contribution in [3.63, 3.8) is 0 Å². The first-order valence-electron chi connectivity index (χ1n) is 5.84. The van der Waals surface area contributed by atoms with Crippen LogP contribution in [0.3, 0.4) is 0 Å². The van der Waals surface area contributed by atoms with Crippen LogP contribution in [0.25, 0.3) is 0 Å². The van der Waals surface area contributed by atoms with Crippen LogP contribution in [0.2, 0.25) is 5.02 Å². The van der Waals surface area contributed by atoms with Crippen molar-refractivity contribution in [2.75, 3.05) is 18.2 Å². The molecule has 21 heavy (non-hydrogen) atoms. The minimum absolute atomic E-state index is 0.107. The number of anilines is 3. The summed E-state index contributed by atoms with van der Waals surface area (Å²) in [5, 5.41) is 8.62. The van der Waals surface area contributed by atoms with Crippen molar-refractivity contribution in [1.82, 2.24) is 0 Å². The number of hydrogen-bond donors (Lipinski definition) is 3. The summed E-state index contributed by atoms with van der Waals surface area (Å²) in [5.74, 6) is 0.511. The fraction of sp³-hybridized carbons (Fsp3) is 0.0769. The Labute approximate surface area is 127 Å². The molecule has 2 rings (SSSR count). The molecular weight excluding hydrogens is 314 g/mol. The molecule has 0 fully saturated rings. The standard InChI is InChI=1S/C13H14ClN3O3S/c1-20-12-5-2-8(14)6-11(12)17-10-4-3-9(15)7-13(10)21(16,18)19/h2-7,17H,15H2,1H3,(H2,16,18,19). The van der Waals surface area contributed by atoms with Crippen LogP contribution in [0, 0.1) is 0 Å². The molecule has 0 saturated heterocycles. The lowest BCUT2D eigenvalue weighted by molar-refractivity contribution is 0.417. The van der Waals surface area contributed by atoms with Gasteiger partial charge in [-0.2, -0.15) is 0 Å². The van der Waals surface area contributed by atoms with E-state index in [1.165, 1.54) is 19.2 Å². The van der Waals surface area contributed by atoms with Crippen LogP contribution in [0.15, 0.2) is 41.3 Å². The minimum atomic E-state index is -3.92. The molecule has 0 bridgehead atoms. The van der Waals surface area contributed by atoms with E-state index >= 15 is 0 Å². The van der Waals surface area contributed by atoms with Crippen molar-refractivity contribution in [2.24, 2.45) is 5.14 Å². The van der Waals surface area contributed by atoms with Crippen molar-refractivity contribution < 1.29 is 13.2 Å². The summed E-state index contributed by atoms with van der Waals surface area (Å²) >= 11 is 5.94. The first kappa shape index (κ1) is 15.4. The third-order valence-corrected chi connectivity index (χ3v) is 3.93. The fourth-order valence-electron chi connectivity index (χ4n) is 1.80. The molecule has 0 aliphatic rings. The number of hydrogen-bond acceptors (Lipinski definition) is 5. The van der Waals surface area contributed by atoms with E-state index in [9.17, 15) is 8.42 Å². The third-order valence-electron chi connectivity index (χ3n) is 2.74. The highest BCUT2D eigenvalue weighted by Gasteiger charge is 2.16. The number of benzene rings is 2. The molecule has 2 aromatic rings. The molecule has 0 heterocycles. The molecule has 0 unspecified atom stereocenters. The molecule has 0 aromatic heterocycles. The number of sulfonamides is 1. The second-order valence-electron chi connectivity index (χ2n) is 4.27. The van der Waals surface area contributed by atoms with Gasteiger partial charge < -0.3 is 15.8 Å². The maximum Gasteiger partial charge on any atom is 0.240 e. The topological polar surface area (TPSA) is 107 Å². The highest BCUT2D eigenvalue weighted by Crippen LogP contribution is 2.33. The fourth-order valence-corrected chi connectivity index (χ4v) is 2.70. The highest BCUT2D eigenvalue weighted by atomic mass is 35.5. The van der Waals surface area contributed by atoms with Gasteiger partial charge >= 0.3 is 0 Å². The number of nitrogens with two attached hydrogens (primary N) is 2. The minimum Gasteiger partial charge on any atom is -0.495 e. The molecular formula is C13H14ClN3O3S. The lowest BCUT2D eigenvalue weighted by Crippen LogP contribution is -2.14. The van der Waals surface area contributed by atoms with Crippen molar-refractivity contribution in [1.29, 1.82) is 0 Å². The summed E-state index contributed by atoms with van der Waals surface area (Å²) < 4.78 is 28.5. The van der Waals surface area contributed by atoms with Crippen LogP contribution in [-0.2, 0) is 10.0 Å². The Kier molecular flexibility index (Phi) is 4.26. The van der Waals surface area contributed by atoms with Gasteiger partial charge in [0.1, 0.15) is 10.6 Å². The largest absolute Gasteiger partial charge is 0.495 e. The molecule has 6 nitrogen and oxygen atoms in total. The molecule has 0 radical (unpaired) electrons. The zero-order valence-electron chi connectivity index (χ0n) is 11.1. The van der Waals surface area contributed by atoms with E-state index in [-0.39, 0.29) is 10.6 Å². The van der Waals surface area contributed by atoms with Gasteiger partial charge in [0.15, 0.2) is 0 Å². The number of rotatable bonds is 4. The highest BCUT2D eigenvalue weighted by molar-refractivity contribution is 7.89. The van der Waals surface area contributed by atoms with Crippen LogP contribution in [0.1, 0.15) is 0 Å². The summed E-state index contributed by atoms with van der Waals surface area (Å²) in [6.45, 7) is 0. The third kappa shape index (κ3) is 3.57. The van der Waals surface area contributed by atoms with E-state index in [0.717, 1.165) is 0 Å². The van der Waals surface area contributed by atoms with Crippen molar-refractivity contribution in [3.05, 3.63) is 41.4 Å². The van der Waals surface area contributed by atoms with Gasteiger partial charge in [0.05, 0.1) is 18.5 Å². The van der Waals surface area contributed by atoms with Gasteiger partial charge in [-0.3, -0.25) is 0 Å². The smallest absolute Gasteiger partial charge is 0.240 e. The van der Waals surface area contributed by atoms with Gasteiger partial charge in [-0.15, -0.1) is 0 Å². The molecule has 8 heteroatoms. The van der Waals surface area contributed by atoms with E-state index in [2.05, 4.69) is 5.32 Å². The van der Waals surface area contributed by atoms with Crippen LogP contribution in [-0.4, -0.2) is 15.5 Å². The van der Waals surface area contributed by atoms with Gasteiger partial charge in [-0.1, -0.05) is 11.6 Å². The second-order valence-corrected chi connectivity index (χ2v) is 6.24. The van der Waals surface area contributed by atoms with Gasteiger partial charge in [-0.05, 0) is 36.4 Å². The number of primary sulfonamides is 1. The van der Waals surface area contributed by atoms with Gasteiger partial charge in [0.25, 0.3) is 0 Å². The zero-order valence-corrected chi connectivity index (χ0v) is 12.7. The lowest BCUT2D eigenvalue weighted by atomic mass is 10.2. The quantitative estimate of drug-likeness (QED) is 0.747. The summed E-state index contributed by atoms with van der Waals surface area (Å²) in [7, 11) is -2.42. The van der Waals surface area contributed by atoms with Crippen molar-refractivity contribution in [2.45, 2.75) is 4.90 Å². The normalized spacial score (nSPS) is 11.2. The van der Waals surface area contributed by atoms with E-state index in [0.29, 0.717) is 22.1 Å². The summed E-state index contributed by atoms with van der Waals surface area (Å²) in [4.78, 5) is -0.107. The molecule has 5 N–H and O–H groups in total. The number of nitrogen functional groups attached to an aromatic ring is 1. The summed E-state index contributed by atoms with van der Waals surface area (Å²) in [6.07, 6.45) is 0. The van der Waals surface area contributed by atoms with E-state index < -0.39 is 10.0 Å². The van der Waals surface area contributed by atoms with Crippen LogP contribution < -0.4 is 20.9 Å². The van der Waals surface area contributed by atoms with Gasteiger partial charge in [0.2, 0.25) is 10.0 Å². The number of ether oxygens (including phenoxy) is 1. The molecule has 0 aliphatic carbocycles. The van der Waals surface area contributed by atoms with Crippen LogP contribution >= 0.6 is 11.6 Å². The molecule has 0 aliphatic heterocycles. The van der Waals surface area contributed by atoms with Crippen LogP contribution in [0.5, 0.6) is 5.75 Å². The van der Waals surface area contributed by atoms with Gasteiger partial charge in [0, 0.05) is 10.7 Å². The van der Waals surface area contributed by atoms with Crippen LogP contribution in [0.4, 0.5) is 17.1 Å². The lowest BCUT2D eigenvalue weighted by Gasteiger charge is -2.14. The first-order valence-corrected chi connectivity index (χ1v) is 7.76. The Bertz CT molecular complexity index is 778. The second kappa shape index (κ2) is 5.80. The molecule has 0 saturated carbocycles. The Morgan fingerprint density at radius 1 is 1.14 bits per heavy atom. The Morgan fingerprint density at radius 2 is 1.86 bits per heavy atom. The number of nitrogens with one attached hydrogen (secondary N) is 1. The summed E-state index contributed by atoms with van der Waals surface area (Å²) in [6, 6.07) is 9.32. The maximum atomic E-state index is 11.6. The number of halogens is 1. The molecule has 0 spiro atoms. The zero-order chi connectivity index (χ0) is 15.6. The van der Waals surface area contributed by atoms with Gasteiger partial charge in [-0.25, -0.2) is 13.6 Å². The molecule has 0 atom stereocenters.